The van der Waals surface area contributed by atoms with Crippen LogP contribution in [0.5, 0.6) is 5.75 Å². The third-order valence-corrected chi connectivity index (χ3v) is 4.65. The summed E-state index contributed by atoms with van der Waals surface area (Å²) < 4.78 is 28.9. The Hall–Kier alpha value is -1.90. The van der Waals surface area contributed by atoms with Gasteiger partial charge in [0.05, 0.1) is 4.90 Å². The molecule has 0 radical (unpaired) electrons. The van der Waals surface area contributed by atoms with Crippen molar-refractivity contribution in [2.75, 3.05) is 11.9 Å². The van der Waals surface area contributed by atoms with Gasteiger partial charge in [0, 0.05) is 10.2 Å². The summed E-state index contributed by atoms with van der Waals surface area (Å²) in [4.78, 5) is 11.9. The van der Waals surface area contributed by atoms with E-state index < -0.39 is 10.0 Å². The number of amides is 1. The molecule has 0 aromatic heterocycles. The van der Waals surface area contributed by atoms with Gasteiger partial charge in [0.2, 0.25) is 10.0 Å². The maximum atomic E-state index is 11.9. The van der Waals surface area contributed by atoms with Crippen molar-refractivity contribution in [1.29, 1.82) is 0 Å². The van der Waals surface area contributed by atoms with Crippen LogP contribution < -0.4 is 15.2 Å². The number of anilines is 1. The fraction of sp³-hybridized carbons (Fsp3) is 0.188. The van der Waals surface area contributed by atoms with Gasteiger partial charge in [-0.25, -0.2) is 13.6 Å². The average Bonchev–Trinajstić information content (AvgIpc) is 2.53. The van der Waals surface area contributed by atoms with Crippen LogP contribution in [0.15, 0.2) is 51.8 Å². The van der Waals surface area contributed by atoms with Gasteiger partial charge < -0.3 is 10.1 Å². The van der Waals surface area contributed by atoms with Crippen molar-refractivity contribution in [3.8, 4) is 5.75 Å². The molecule has 0 heterocycles. The zero-order valence-electron chi connectivity index (χ0n) is 13.0. The van der Waals surface area contributed by atoms with Crippen molar-refractivity contribution in [3.05, 3.63) is 52.5 Å². The molecule has 1 amide bonds. The van der Waals surface area contributed by atoms with Crippen LogP contribution in [0.1, 0.15) is 12.5 Å². The number of nitrogens with one attached hydrogen (secondary N) is 1. The smallest absolute Gasteiger partial charge is 0.262 e. The van der Waals surface area contributed by atoms with E-state index in [9.17, 15) is 13.2 Å². The van der Waals surface area contributed by atoms with E-state index in [1.165, 1.54) is 24.3 Å². The maximum absolute atomic E-state index is 11.9. The summed E-state index contributed by atoms with van der Waals surface area (Å²) in [6, 6.07) is 11.2. The number of benzene rings is 2. The maximum Gasteiger partial charge on any atom is 0.262 e. The molecule has 0 aliphatic rings. The molecule has 0 saturated heterocycles. The summed E-state index contributed by atoms with van der Waals surface area (Å²) in [5.74, 6) is 0.309. The highest BCUT2D eigenvalue weighted by Gasteiger charge is 2.09. The first-order valence-corrected chi connectivity index (χ1v) is 9.47. The van der Waals surface area contributed by atoms with Crippen molar-refractivity contribution in [2.45, 2.75) is 18.2 Å². The second-order valence-corrected chi connectivity index (χ2v) is 7.49. The standard InChI is InChI=1S/C16H17BrN2O4S/c1-2-11-9-12(17)3-8-15(11)23-10-16(20)19-13-4-6-14(7-5-13)24(18,21)22/h3-9H,2,10H2,1H3,(H,19,20)(H2,18,21,22). The number of aryl methyl sites for hydroxylation is 1. The quantitative estimate of drug-likeness (QED) is 0.761. The van der Waals surface area contributed by atoms with Gasteiger partial charge in [-0.1, -0.05) is 22.9 Å². The summed E-state index contributed by atoms with van der Waals surface area (Å²) in [7, 11) is -3.75. The third kappa shape index (κ3) is 5.05. The zero-order chi connectivity index (χ0) is 17.7. The molecule has 0 fully saturated rings. The summed E-state index contributed by atoms with van der Waals surface area (Å²) in [5.41, 5.74) is 1.46. The van der Waals surface area contributed by atoms with Gasteiger partial charge in [0.15, 0.2) is 6.61 Å². The van der Waals surface area contributed by atoms with Crippen molar-refractivity contribution >= 4 is 37.5 Å². The van der Waals surface area contributed by atoms with E-state index in [1.54, 1.807) is 6.07 Å². The normalized spacial score (nSPS) is 11.1. The Morgan fingerprint density at radius 1 is 1.21 bits per heavy atom. The summed E-state index contributed by atoms with van der Waals surface area (Å²) in [6.45, 7) is 1.85. The number of rotatable bonds is 6. The summed E-state index contributed by atoms with van der Waals surface area (Å²) >= 11 is 3.39. The Balaban J connectivity index is 1.96. The van der Waals surface area contributed by atoms with Gasteiger partial charge in [-0.05, 0) is 54.4 Å². The van der Waals surface area contributed by atoms with Gasteiger partial charge in [0.25, 0.3) is 5.91 Å². The summed E-state index contributed by atoms with van der Waals surface area (Å²) in [6.07, 6.45) is 0.783. The van der Waals surface area contributed by atoms with Crippen molar-refractivity contribution in [3.63, 3.8) is 0 Å². The highest BCUT2D eigenvalue weighted by Crippen LogP contribution is 2.23. The number of hydrogen-bond donors (Lipinski definition) is 2. The molecule has 0 atom stereocenters. The Morgan fingerprint density at radius 3 is 2.46 bits per heavy atom. The highest BCUT2D eigenvalue weighted by atomic mass is 79.9. The van der Waals surface area contributed by atoms with E-state index in [0.29, 0.717) is 11.4 Å². The van der Waals surface area contributed by atoms with Crippen LogP contribution in [0.2, 0.25) is 0 Å². The SMILES string of the molecule is CCc1cc(Br)ccc1OCC(=O)Nc1ccc(S(N)(=O)=O)cc1. The van der Waals surface area contributed by atoms with Crippen LogP contribution in [0.4, 0.5) is 5.69 Å². The number of halogens is 1. The number of sulfonamides is 1. The Morgan fingerprint density at radius 2 is 1.88 bits per heavy atom. The molecule has 0 spiro atoms. The molecule has 24 heavy (non-hydrogen) atoms. The lowest BCUT2D eigenvalue weighted by Gasteiger charge is -2.11. The fourth-order valence-corrected chi connectivity index (χ4v) is 2.96. The van der Waals surface area contributed by atoms with Crippen molar-refractivity contribution < 1.29 is 17.9 Å². The topological polar surface area (TPSA) is 98.5 Å². The van der Waals surface area contributed by atoms with Crippen LogP contribution in [0.25, 0.3) is 0 Å². The molecule has 2 aromatic rings. The van der Waals surface area contributed by atoms with Crippen LogP contribution in [0.3, 0.4) is 0 Å². The van der Waals surface area contributed by atoms with Crippen molar-refractivity contribution in [1.82, 2.24) is 0 Å². The van der Waals surface area contributed by atoms with Crippen molar-refractivity contribution in [2.24, 2.45) is 5.14 Å². The second kappa shape index (κ2) is 7.78. The Labute approximate surface area is 149 Å². The fourth-order valence-electron chi connectivity index (χ4n) is 2.03. The number of ether oxygens (including phenoxy) is 1. The number of carbonyl (C=O) groups is 1. The number of carbonyl (C=O) groups excluding carboxylic acids is 1. The lowest BCUT2D eigenvalue weighted by Crippen LogP contribution is -2.20. The molecule has 2 rings (SSSR count). The van der Waals surface area contributed by atoms with Crippen LogP contribution in [0, 0.1) is 0 Å². The van der Waals surface area contributed by atoms with Crippen LogP contribution in [-0.2, 0) is 21.2 Å². The molecule has 0 aliphatic carbocycles. The number of nitrogens with two attached hydrogens (primary N) is 1. The predicted molar refractivity (Wildman–Crippen MR) is 95.5 cm³/mol. The van der Waals surface area contributed by atoms with Gasteiger partial charge in [-0.2, -0.15) is 0 Å². The van der Waals surface area contributed by atoms with Gasteiger partial charge >= 0.3 is 0 Å². The van der Waals surface area contributed by atoms with E-state index in [-0.39, 0.29) is 17.4 Å². The third-order valence-electron chi connectivity index (χ3n) is 3.23. The van der Waals surface area contributed by atoms with E-state index in [0.717, 1.165) is 16.5 Å². The second-order valence-electron chi connectivity index (χ2n) is 5.01. The molecule has 8 heteroatoms. The van der Waals surface area contributed by atoms with E-state index in [4.69, 9.17) is 9.88 Å². The molecule has 0 bridgehead atoms. The molecular formula is C16H17BrN2O4S. The van der Waals surface area contributed by atoms with Crippen LogP contribution >= 0.6 is 15.9 Å². The molecule has 0 saturated carbocycles. The minimum absolute atomic E-state index is 0.0146. The molecule has 128 valence electrons. The van der Waals surface area contributed by atoms with Gasteiger partial charge in [-0.15, -0.1) is 0 Å². The molecular weight excluding hydrogens is 396 g/mol. The molecule has 6 nitrogen and oxygen atoms in total. The van der Waals surface area contributed by atoms with Gasteiger partial charge in [0.1, 0.15) is 5.75 Å². The first-order valence-electron chi connectivity index (χ1n) is 7.13. The molecule has 0 aliphatic heterocycles. The monoisotopic (exact) mass is 412 g/mol. The number of primary sulfonamides is 1. The number of hydrogen-bond acceptors (Lipinski definition) is 4. The lowest BCUT2D eigenvalue weighted by atomic mass is 10.1. The van der Waals surface area contributed by atoms with Gasteiger partial charge in [-0.3, -0.25) is 4.79 Å². The molecule has 2 aromatic carbocycles. The zero-order valence-corrected chi connectivity index (χ0v) is 15.4. The predicted octanol–water partition coefficient (Wildman–Crippen LogP) is 2.68. The lowest BCUT2D eigenvalue weighted by molar-refractivity contribution is -0.118. The van der Waals surface area contributed by atoms with E-state index in [2.05, 4.69) is 21.2 Å². The average molecular weight is 413 g/mol. The van der Waals surface area contributed by atoms with E-state index >= 15 is 0 Å². The minimum Gasteiger partial charge on any atom is -0.483 e. The van der Waals surface area contributed by atoms with E-state index in [1.807, 2.05) is 19.1 Å². The Bertz CT molecular complexity index is 836. The largest absolute Gasteiger partial charge is 0.483 e. The van der Waals surface area contributed by atoms with Crippen LogP contribution in [-0.4, -0.2) is 20.9 Å². The first-order chi connectivity index (χ1) is 11.3. The first kappa shape index (κ1) is 18.4. The minimum atomic E-state index is -3.75. The summed E-state index contributed by atoms with van der Waals surface area (Å²) in [5, 5.41) is 7.65. The Kier molecular flexibility index (Phi) is 5.98. The molecule has 0 unspecified atom stereocenters. The highest BCUT2D eigenvalue weighted by molar-refractivity contribution is 9.10. The molecule has 3 N–H and O–H groups in total.